The Bertz CT molecular complexity index is 997. The van der Waals surface area contributed by atoms with Crippen LogP contribution in [0.3, 0.4) is 0 Å². The van der Waals surface area contributed by atoms with Gasteiger partial charge in [-0.3, -0.25) is 14.8 Å². The van der Waals surface area contributed by atoms with Gasteiger partial charge in [-0.15, -0.1) is 0 Å². The molecule has 1 atom stereocenters. The third-order valence-electron chi connectivity index (χ3n) is 6.39. The molecule has 0 saturated heterocycles. The van der Waals surface area contributed by atoms with Crippen molar-refractivity contribution in [2.75, 3.05) is 13.2 Å². The largest absolute Gasteiger partial charge is 0.396 e. The predicted molar refractivity (Wildman–Crippen MR) is 123 cm³/mol. The number of aliphatic hydroxyl groups excluding tert-OH is 1. The lowest BCUT2D eigenvalue weighted by Gasteiger charge is -2.22. The SMILES string of the molecule is O=C(N[C@@H](CCO)Cc1ccccn1)c1cccc(F)c1C1=NCC(C2CCCCC2)=C1. The zero-order valence-corrected chi connectivity index (χ0v) is 18.3. The molecule has 0 spiro atoms. The van der Waals surface area contributed by atoms with Crippen LogP contribution in [0, 0.1) is 11.7 Å². The van der Waals surface area contributed by atoms with E-state index in [1.807, 2.05) is 24.3 Å². The summed E-state index contributed by atoms with van der Waals surface area (Å²) in [7, 11) is 0. The summed E-state index contributed by atoms with van der Waals surface area (Å²) >= 11 is 0. The second kappa shape index (κ2) is 10.6. The van der Waals surface area contributed by atoms with Crippen LogP contribution in [-0.4, -0.2) is 40.9 Å². The molecule has 32 heavy (non-hydrogen) atoms. The highest BCUT2D eigenvalue weighted by molar-refractivity contribution is 6.16. The highest BCUT2D eigenvalue weighted by Gasteiger charge is 2.26. The number of hydrogen-bond donors (Lipinski definition) is 2. The van der Waals surface area contributed by atoms with Gasteiger partial charge in [0.05, 0.1) is 17.8 Å². The van der Waals surface area contributed by atoms with Crippen LogP contribution in [0.4, 0.5) is 4.39 Å². The number of halogens is 1. The molecule has 1 amide bonds. The molecule has 5 nitrogen and oxygen atoms in total. The summed E-state index contributed by atoms with van der Waals surface area (Å²) in [6, 6.07) is 9.86. The number of amides is 1. The minimum absolute atomic E-state index is 0.0615. The van der Waals surface area contributed by atoms with Gasteiger partial charge in [0.25, 0.3) is 5.91 Å². The van der Waals surface area contributed by atoms with Crippen LogP contribution in [0.2, 0.25) is 0 Å². The van der Waals surface area contributed by atoms with Crippen molar-refractivity contribution < 1.29 is 14.3 Å². The molecule has 0 bridgehead atoms. The molecule has 4 rings (SSSR count). The fraction of sp³-hybridized carbons (Fsp3) is 0.423. The predicted octanol–water partition coefficient (Wildman–Crippen LogP) is 4.25. The van der Waals surface area contributed by atoms with Gasteiger partial charge < -0.3 is 10.4 Å². The van der Waals surface area contributed by atoms with Gasteiger partial charge in [0.2, 0.25) is 0 Å². The van der Waals surface area contributed by atoms with Gasteiger partial charge in [-0.1, -0.05) is 31.4 Å². The van der Waals surface area contributed by atoms with Crippen molar-refractivity contribution in [1.29, 1.82) is 0 Å². The van der Waals surface area contributed by atoms with Crippen molar-refractivity contribution in [1.82, 2.24) is 10.3 Å². The quantitative estimate of drug-likeness (QED) is 0.651. The fourth-order valence-electron chi connectivity index (χ4n) is 4.70. The van der Waals surface area contributed by atoms with E-state index in [0.717, 1.165) is 18.5 Å². The van der Waals surface area contributed by atoms with Crippen LogP contribution >= 0.6 is 0 Å². The van der Waals surface area contributed by atoms with Crippen molar-refractivity contribution in [3.63, 3.8) is 0 Å². The van der Waals surface area contributed by atoms with Crippen LogP contribution in [0.1, 0.15) is 60.1 Å². The maximum absolute atomic E-state index is 14.9. The number of aromatic nitrogens is 1. The average Bonchev–Trinajstić information content (AvgIpc) is 3.30. The first-order valence-electron chi connectivity index (χ1n) is 11.5. The molecule has 1 aromatic heterocycles. The van der Waals surface area contributed by atoms with E-state index in [1.54, 1.807) is 18.3 Å². The molecule has 1 fully saturated rings. The van der Waals surface area contributed by atoms with Gasteiger partial charge in [0, 0.05) is 36.5 Å². The highest BCUT2D eigenvalue weighted by atomic mass is 19.1. The Hall–Kier alpha value is -2.86. The van der Waals surface area contributed by atoms with E-state index in [4.69, 9.17) is 0 Å². The molecule has 1 aliphatic carbocycles. The number of carbonyl (C=O) groups excluding carboxylic acids is 1. The summed E-state index contributed by atoms with van der Waals surface area (Å²) in [5, 5.41) is 12.4. The van der Waals surface area contributed by atoms with Crippen molar-refractivity contribution in [2.24, 2.45) is 10.9 Å². The lowest BCUT2D eigenvalue weighted by molar-refractivity contribution is 0.0929. The van der Waals surface area contributed by atoms with Crippen LogP contribution in [-0.2, 0) is 6.42 Å². The Labute approximate surface area is 188 Å². The van der Waals surface area contributed by atoms with E-state index in [9.17, 15) is 14.3 Å². The molecule has 6 heteroatoms. The Kier molecular flexibility index (Phi) is 7.43. The number of aliphatic hydroxyl groups is 1. The molecular formula is C26H30FN3O2. The molecule has 1 saturated carbocycles. The fourth-order valence-corrected chi connectivity index (χ4v) is 4.70. The van der Waals surface area contributed by atoms with Crippen molar-refractivity contribution in [3.05, 3.63) is 76.9 Å². The Morgan fingerprint density at radius 3 is 2.75 bits per heavy atom. The van der Waals surface area contributed by atoms with Gasteiger partial charge in [-0.05, 0) is 61.1 Å². The van der Waals surface area contributed by atoms with Crippen LogP contribution in [0.5, 0.6) is 0 Å². The van der Waals surface area contributed by atoms with Crippen LogP contribution in [0.15, 0.2) is 59.2 Å². The normalized spacial score (nSPS) is 17.6. The van der Waals surface area contributed by atoms with Crippen molar-refractivity contribution >= 4 is 11.6 Å². The number of rotatable bonds is 8. The molecule has 2 N–H and O–H groups in total. The van der Waals surface area contributed by atoms with Crippen molar-refractivity contribution in [2.45, 2.75) is 51.0 Å². The lowest BCUT2D eigenvalue weighted by atomic mass is 9.83. The van der Waals surface area contributed by atoms with E-state index < -0.39 is 5.82 Å². The highest BCUT2D eigenvalue weighted by Crippen LogP contribution is 2.32. The number of nitrogens with zero attached hydrogens (tertiary/aromatic N) is 2. The maximum atomic E-state index is 14.9. The molecule has 2 aliphatic rings. The minimum atomic E-state index is -0.444. The van der Waals surface area contributed by atoms with Gasteiger partial charge in [-0.2, -0.15) is 0 Å². The topological polar surface area (TPSA) is 74.6 Å². The van der Waals surface area contributed by atoms with Crippen LogP contribution < -0.4 is 5.32 Å². The first-order chi connectivity index (χ1) is 15.7. The third-order valence-corrected chi connectivity index (χ3v) is 6.39. The summed E-state index contributed by atoms with van der Waals surface area (Å²) in [6.45, 7) is 0.524. The Morgan fingerprint density at radius 1 is 1.16 bits per heavy atom. The van der Waals surface area contributed by atoms with E-state index in [1.165, 1.54) is 30.9 Å². The summed E-state index contributed by atoms with van der Waals surface area (Å²) in [5.74, 6) is -0.293. The zero-order valence-electron chi connectivity index (χ0n) is 18.3. The summed E-state index contributed by atoms with van der Waals surface area (Å²) in [6.07, 6.45) is 10.6. The number of aliphatic imine (C=N–C) groups is 1. The van der Waals surface area contributed by atoms with E-state index in [-0.39, 0.29) is 29.7 Å². The van der Waals surface area contributed by atoms with Gasteiger partial charge in [0.15, 0.2) is 0 Å². The summed E-state index contributed by atoms with van der Waals surface area (Å²) in [4.78, 5) is 22.1. The van der Waals surface area contributed by atoms with Crippen molar-refractivity contribution in [3.8, 4) is 0 Å². The molecular weight excluding hydrogens is 405 g/mol. The Balaban J connectivity index is 1.54. The summed E-state index contributed by atoms with van der Waals surface area (Å²) in [5.41, 5.74) is 3.16. The van der Waals surface area contributed by atoms with Gasteiger partial charge >= 0.3 is 0 Å². The number of benzene rings is 1. The standard InChI is InChI=1S/C26H30FN3O2/c27-23-11-6-10-22(25(23)24-15-19(17-29-24)18-7-2-1-3-8-18)26(32)30-21(12-14-31)16-20-9-4-5-13-28-20/h4-6,9-11,13,15,18,21,31H,1-3,7-8,12,14,16-17H2,(H,30,32)/t21-/m0/s1. The zero-order chi connectivity index (χ0) is 22.3. The number of carbonyl (C=O) groups is 1. The molecule has 168 valence electrons. The molecule has 2 aromatic rings. The molecule has 0 radical (unpaired) electrons. The third kappa shape index (κ3) is 5.30. The van der Waals surface area contributed by atoms with E-state index >= 15 is 0 Å². The lowest BCUT2D eigenvalue weighted by Crippen LogP contribution is -2.38. The first kappa shape index (κ1) is 22.3. The molecule has 2 heterocycles. The van der Waals surface area contributed by atoms with E-state index in [2.05, 4.69) is 15.3 Å². The number of nitrogens with one attached hydrogen (secondary N) is 1. The summed E-state index contributed by atoms with van der Waals surface area (Å²) < 4.78 is 14.9. The number of allylic oxidation sites excluding steroid dienone is 1. The van der Waals surface area contributed by atoms with Crippen LogP contribution in [0.25, 0.3) is 0 Å². The molecule has 1 aromatic carbocycles. The molecule has 0 unspecified atom stereocenters. The first-order valence-corrected chi connectivity index (χ1v) is 11.5. The second-order valence-electron chi connectivity index (χ2n) is 8.63. The average molecular weight is 436 g/mol. The number of pyridine rings is 1. The molecule has 1 aliphatic heterocycles. The van der Waals surface area contributed by atoms with Gasteiger partial charge in [0.1, 0.15) is 5.82 Å². The second-order valence-corrected chi connectivity index (χ2v) is 8.63. The monoisotopic (exact) mass is 435 g/mol. The van der Waals surface area contributed by atoms with E-state index in [0.29, 0.717) is 31.0 Å². The maximum Gasteiger partial charge on any atom is 0.252 e. The minimum Gasteiger partial charge on any atom is -0.396 e. The Morgan fingerprint density at radius 2 is 2.00 bits per heavy atom. The van der Waals surface area contributed by atoms with Gasteiger partial charge in [-0.25, -0.2) is 4.39 Å². The number of hydrogen-bond acceptors (Lipinski definition) is 4. The smallest absolute Gasteiger partial charge is 0.252 e.